The van der Waals surface area contributed by atoms with Gasteiger partial charge in [-0.2, -0.15) is 0 Å². The number of aromatic nitrogens is 2. The number of carboxylic acid groups (broad SMARTS) is 1. The first kappa shape index (κ1) is 13.6. The molecule has 0 unspecified atom stereocenters. The van der Waals surface area contributed by atoms with Gasteiger partial charge in [-0.15, -0.1) is 0 Å². The summed E-state index contributed by atoms with van der Waals surface area (Å²) in [5.74, 6) is -1.10. The smallest absolute Gasteiger partial charge is 0.305 e. The Morgan fingerprint density at radius 2 is 2.10 bits per heavy atom. The lowest BCUT2D eigenvalue weighted by Crippen LogP contribution is -2.47. The van der Waals surface area contributed by atoms with Gasteiger partial charge in [0.05, 0.1) is 17.5 Å². The van der Waals surface area contributed by atoms with Crippen LogP contribution in [0.4, 0.5) is 0 Å². The highest BCUT2D eigenvalue weighted by atomic mass is 16.4. The Morgan fingerprint density at radius 3 is 2.81 bits per heavy atom. The van der Waals surface area contributed by atoms with E-state index in [1.165, 1.54) is 0 Å². The molecule has 1 aliphatic rings. The first-order valence-corrected chi connectivity index (χ1v) is 7.05. The number of carbonyl (C=O) groups is 2. The molecule has 110 valence electrons. The number of hydrogen-bond donors (Lipinski definition) is 2. The first-order valence-electron chi connectivity index (χ1n) is 7.05. The van der Waals surface area contributed by atoms with Crippen LogP contribution in [0.25, 0.3) is 5.65 Å². The Bertz CT molecular complexity index is 686. The summed E-state index contributed by atoms with van der Waals surface area (Å²) >= 11 is 0. The number of carboxylic acids is 1. The summed E-state index contributed by atoms with van der Waals surface area (Å²) in [6.07, 6.45) is 8.47. The molecule has 21 heavy (non-hydrogen) atoms. The number of amides is 1. The molecule has 2 N–H and O–H groups in total. The van der Waals surface area contributed by atoms with Crippen molar-refractivity contribution < 1.29 is 14.7 Å². The van der Waals surface area contributed by atoms with E-state index in [-0.39, 0.29) is 12.3 Å². The second-order valence-electron chi connectivity index (χ2n) is 5.62. The normalized spacial score (nSPS) is 17.0. The minimum absolute atomic E-state index is 0.0218. The predicted octanol–water partition coefficient (Wildman–Crippen LogP) is 1.85. The molecule has 2 heterocycles. The zero-order valence-electron chi connectivity index (χ0n) is 11.6. The standard InChI is InChI=1S/C15H17N3O3/c19-13(20)9-15(5-1-2-6-15)17-14(21)11-3-4-12-16-7-8-18(12)10-11/h3-4,7-8,10H,1-2,5-6,9H2,(H,17,21)(H,19,20). The molecule has 0 aromatic carbocycles. The largest absolute Gasteiger partial charge is 0.481 e. The summed E-state index contributed by atoms with van der Waals surface area (Å²) in [6.45, 7) is 0. The van der Waals surface area contributed by atoms with Crippen molar-refractivity contribution in [2.24, 2.45) is 0 Å². The average molecular weight is 287 g/mol. The number of nitrogens with one attached hydrogen (secondary N) is 1. The van der Waals surface area contributed by atoms with Crippen molar-refractivity contribution in [2.75, 3.05) is 0 Å². The molecule has 0 saturated heterocycles. The molecule has 0 atom stereocenters. The lowest BCUT2D eigenvalue weighted by molar-refractivity contribution is -0.138. The summed E-state index contributed by atoms with van der Waals surface area (Å²) in [5.41, 5.74) is 0.678. The van der Waals surface area contributed by atoms with Crippen LogP contribution in [-0.2, 0) is 4.79 Å². The van der Waals surface area contributed by atoms with Crippen LogP contribution in [0, 0.1) is 0 Å². The number of rotatable bonds is 4. The van der Waals surface area contributed by atoms with Gasteiger partial charge >= 0.3 is 5.97 Å². The van der Waals surface area contributed by atoms with Gasteiger partial charge in [-0.25, -0.2) is 4.98 Å². The minimum Gasteiger partial charge on any atom is -0.481 e. The summed E-state index contributed by atoms with van der Waals surface area (Å²) < 4.78 is 1.77. The third kappa shape index (κ3) is 2.74. The van der Waals surface area contributed by atoms with Gasteiger partial charge in [-0.3, -0.25) is 9.59 Å². The summed E-state index contributed by atoms with van der Waals surface area (Å²) in [6, 6.07) is 3.48. The topological polar surface area (TPSA) is 83.7 Å². The molecule has 0 aliphatic heterocycles. The van der Waals surface area contributed by atoms with E-state index in [1.807, 2.05) is 0 Å². The number of aliphatic carboxylic acids is 1. The number of carbonyl (C=O) groups excluding carboxylic acids is 1. The van der Waals surface area contributed by atoms with Gasteiger partial charge < -0.3 is 14.8 Å². The van der Waals surface area contributed by atoms with E-state index in [1.54, 1.807) is 35.1 Å². The van der Waals surface area contributed by atoms with Gasteiger partial charge in [0.25, 0.3) is 5.91 Å². The van der Waals surface area contributed by atoms with Gasteiger partial charge in [0.2, 0.25) is 0 Å². The molecule has 3 rings (SSSR count). The van der Waals surface area contributed by atoms with Gasteiger partial charge in [-0.1, -0.05) is 12.8 Å². The molecule has 0 bridgehead atoms. The maximum Gasteiger partial charge on any atom is 0.305 e. The van der Waals surface area contributed by atoms with E-state index in [0.717, 1.165) is 31.3 Å². The van der Waals surface area contributed by atoms with Crippen LogP contribution in [0.5, 0.6) is 0 Å². The van der Waals surface area contributed by atoms with Crippen LogP contribution in [-0.4, -0.2) is 31.9 Å². The lowest BCUT2D eigenvalue weighted by atomic mass is 9.93. The van der Waals surface area contributed by atoms with Gasteiger partial charge in [0.15, 0.2) is 0 Å². The quantitative estimate of drug-likeness (QED) is 0.899. The Kier molecular flexibility index (Phi) is 3.37. The second-order valence-corrected chi connectivity index (χ2v) is 5.62. The zero-order chi connectivity index (χ0) is 14.9. The Morgan fingerprint density at radius 1 is 1.33 bits per heavy atom. The molecule has 6 nitrogen and oxygen atoms in total. The third-order valence-electron chi connectivity index (χ3n) is 4.08. The Labute approximate surface area is 121 Å². The van der Waals surface area contributed by atoms with E-state index >= 15 is 0 Å². The van der Waals surface area contributed by atoms with E-state index in [9.17, 15) is 9.59 Å². The zero-order valence-corrected chi connectivity index (χ0v) is 11.6. The van der Waals surface area contributed by atoms with Gasteiger partial charge in [-0.05, 0) is 25.0 Å². The Balaban J connectivity index is 1.81. The first-order chi connectivity index (χ1) is 10.1. The van der Waals surface area contributed by atoms with Crippen molar-refractivity contribution in [1.29, 1.82) is 0 Å². The van der Waals surface area contributed by atoms with Crippen molar-refractivity contribution in [2.45, 2.75) is 37.6 Å². The molecule has 0 radical (unpaired) electrons. The van der Waals surface area contributed by atoms with E-state index in [4.69, 9.17) is 5.11 Å². The number of pyridine rings is 1. The molecular formula is C15H17N3O3. The van der Waals surface area contributed by atoms with Crippen molar-refractivity contribution in [3.05, 3.63) is 36.3 Å². The number of fused-ring (bicyclic) bond motifs is 1. The maximum absolute atomic E-state index is 12.4. The van der Waals surface area contributed by atoms with Crippen molar-refractivity contribution in [1.82, 2.24) is 14.7 Å². The SMILES string of the molecule is O=C(O)CC1(NC(=O)c2ccc3nccn3c2)CCCC1. The summed E-state index contributed by atoms with van der Waals surface area (Å²) in [5, 5.41) is 12.0. The molecule has 1 aliphatic carbocycles. The molecule has 1 saturated carbocycles. The van der Waals surface area contributed by atoms with Crippen molar-refractivity contribution in [3.63, 3.8) is 0 Å². The highest BCUT2D eigenvalue weighted by Crippen LogP contribution is 2.33. The highest BCUT2D eigenvalue weighted by molar-refractivity contribution is 5.95. The molecule has 0 spiro atoms. The lowest BCUT2D eigenvalue weighted by Gasteiger charge is -2.28. The fourth-order valence-corrected chi connectivity index (χ4v) is 3.05. The molecule has 2 aromatic heterocycles. The van der Waals surface area contributed by atoms with Crippen LogP contribution in [0.2, 0.25) is 0 Å². The van der Waals surface area contributed by atoms with E-state index in [0.29, 0.717) is 5.56 Å². The van der Waals surface area contributed by atoms with E-state index in [2.05, 4.69) is 10.3 Å². The second kappa shape index (κ2) is 5.20. The number of nitrogens with zero attached hydrogens (tertiary/aromatic N) is 2. The Hall–Kier alpha value is -2.37. The number of hydrogen-bond acceptors (Lipinski definition) is 3. The van der Waals surface area contributed by atoms with Crippen LogP contribution in [0.3, 0.4) is 0 Å². The van der Waals surface area contributed by atoms with Crippen LogP contribution in [0.15, 0.2) is 30.7 Å². The molecule has 1 fully saturated rings. The molecule has 6 heteroatoms. The van der Waals surface area contributed by atoms with Crippen LogP contribution < -0.4 is 5.32 Å². The summed E-state index contributed by atoms with van der Waals surface area (Å²) in [4.78, 5) is 27.6. The maximum atomic E-state index is 12.4. The van der Waals surface area contributed by atoms with Gasteiger partial charge in [0, 0.05) is 18.6 Å². The number of imidazole rings is 1. The summed E-state index contributed by atoms with van der Waals surface area (Å²) in [7, 11) is 0. The van der Waals surface area contributed by atoms with Crippen molar-refractivity contribution >= 4 is 17.5 Å². The van der Waals surface area contributed by atoms with Crippen LogP contribution >= 0.6 is 0 Å². The molecular weight excluding hydrogens is 270 g/mol. The highest BCUT2D eigenvalue weighted by Gasteiger charge is 2.37. The monoisotopic (exact) mass is 287 g/mol. The predicted molar refractivity (Wildman–Crippen MR) is 76.1 cm³/mol. The minimum atomic E-state index is -0.873. The van der Waals surface area contributed by atoms with Gasteiger partial charge in [0.1, 0.15) is 5.65 Å². The van der Waals surface area contributed by atoms with Crippen LogP contribution in [0.1, 0.15) is 42.5 Å². The fraction of sp³-hybridized carbons (Fsp3) is 0.400. The fourth-order valence-electron chi connectivity index (χ4n) is 3.05. The molecule has 2 aromatic rings. The van der Waals surface area contributed by atoms with E-state index < -0.39 is 11.5 Å². The third-order valence-corrected chi connectivity index (χ3v) is 4.08. The average Bonchev–Trinajstić information content (AvgIpc) is 3.06. The molecule has 1 amide bonds. The van der Waals surface area contributed by atoms with Crippen molar-refractivity contribution in [3.8, 4) is 0 Å².